The van der Waals surface area contributed by atoms with E-state index in [4.69, 9.17) is 31.9 Å². The van der Waals surface area contributed by atoms with Crippen molar-refractivity contribution in [3.8, 4) is 11.5 Å². The predicted octanol–water partition coefficient (Wildman–Crippen LogP) is 0.624. The Balaban J connectivity index is 2.14. The highest BCUT2D eigenvalue weighted by Gasteiger charge is 2.16. The van der Waals surface area contributed by atoms with Gasteiger partial charge in [0.15, 0.2) is 18.1 Å². The van der Waals surface area contributed by atoms with Crippen molar-refractivity contribution in [2.24, 2.45) is 16.0 Å². The second-order valence-corrected chi connectivity index (χ2v) is 7.49. The minimum atomic E-state index is -4.09. The van der Waals surface area contributed by atoms with E-state index < -0.39 is 21.8 Å². The van der Waals surface area contributed by atoms with E-state index in [1.807, 2.05) is 0 Å². The number of carbonyl (C=O) groups is 2. The van der Waals surface area contributed by atoms with Gasteiger partial charge in [0.2, 0.25) is 10.0 Å². The zero-order chi connectivity index (χ0) is 21.6. The molecule has 0 saturated heterocycles. The fourth-order valence-electron chi connectivity index (χ4n) is 2.13. The maximum atomic E-state index is 12.2. The second kappa shape index (κ2) is 9.37. The van der Waals surface area contributed by atoms with Gasteiger partial charge in [-0.25, -0.2) is 19.0 Å². The first kappa shape index (κ1) is 22.1. The molecule has 0 fully saturated rings. The molecule has 29 heavy (non-hydrogen) atoms. The molecule has 10 nitrogen and oxygen atoms in total. The van der Waals surface area contributed by atoms with Crippen molar-refractivity contribution in [3.63, 3.8) is 0 Å². The number of nitrogens with zero attached hydrogens (tertiary/aromatic N) is 1. The molecule has 0 aromatic heterocycles. The summed E-state index contributed by atoms with van der Waals surface area (Å²) >= 11 is 5.78. The molecule has 5 N–H and O–H groups in total. The maximum absolute atomic E-state index is 12.2. The van der Waals surface area contributed by atoms with Crippen molar-refractivity contribution >= 4 is 39.7 Å². The Kier molecular flexibility index (Phi) is 7.15. The van der Waals surface area contributed by atoms with Crippen LogP contribution < -0.4 is 25.8 Å². The molecule has 0 aliphatic heterocycles. The van der Waals surface area contributed by atoms with Gasteiger partial charge in [0.25, 0.3) is 11.8 Å². The Morgan fingerprint density at radius 3 is 2.55 bits per heavy atom. The first-order chi connectivity index (χ1) is 13.6. The maximum Gasteiger partial charge on any atom is 0.271 e. The minimum absolute atomic E-state index is 0.00390. The number of nitrogens with two attached hydrogens (primary N) is 2. The summed E-state index contributed by atoms with van der Waals surface area (Å²) in [4.78, 5) is 22.7. The van der Waals surface area contributed by atoms with Crippen LogP contribution in [-0.4, -0.2) is 40.2 Å². The zero-order valence-corrected chi connectivity index (χ0v) is 16.7. The number of hydrogen-bond donors (Lipinski definition) is 3. The number of amides is 2. The number of primary sulfonamides is 1. The van der Waals surface area contributed by atoms with Gasteiger partial charge < -0.3 is 15.2 Å². The summed E-state index contributed by atoms with van der Waals surface area (Å²) in [5.74, 6) is -0.692. The average molecular weight is 441 g/mol. The molecular weight excluding hydrogens is 424 g/mol. The summed E-state index contributed by atoms with van der Waals surface area (Å²) in [5.41, 5.74) is 7.82. The number of carbonyl (C=O) groups excluding carboxylic acids is 2. The van der Waals surface area contributed by atoms with Crippen molar-refractivity contribution in [2.75, 3.05) is 13.7 Å². The van der Waals surface area contributed by atoms with E-state index in [1.54, 1.807) is 12.1 Å². The van der Waals surface area contributed by atoms with Crippen LogP contribution in [0.4, 0.5) is 0 Å². The Hall–Kier alpha value is -3.15. The lowest BCUT2D eigenvalue weighted by atomic mass is 10.2. The van der Waals surface area contributed by atoms with Gasteiger partial charge in [0.05, 0.1) is 18.3 Å². The summed E-state index contributed by atoms with van der Waals surface area (Å²) in [5, 5.41) is 8.75. The van der Waals surface area contributed by atoms with Crippen LogP contribution in [0.25, 0.3) is 0 Å². The molecule has 154 valence electrons. The molecule has 0 heterocycles. The quantitative estimate of drug-likeness (QED) is 0.402. The van der Waals surface area contributed by atoms with E-state index in [9.17, 15) is 18.0 Å². The van der Waals surface area contributed by atoms with Crippen molar-refractivity contribution in [2.45, 2.75) is 4.90 Å². The highest BCUT2D eigenvalue weighted by molar-refractivity contribution is 7.89. The summed E-state index contributed by atoms with van der Waals surface area (Å²) in [6.07, 6.45) is 1.31. The van der Waals surface area contributed by atoms with E-state index >= 15 is 0 Å². The number of primary amides is 1. The topological polar surface area (TPSA) is 163 Å². The van der Waals surface area contributed by atoms with E-state index in [1.165, 1.54) is 31.5 Å². The van der Waals surface area contributed by atoms with Crippen LogP contribution in [0, 0.1) is 0 Å². The van der Waals surface area contributed by atoms with Gasteiger partial charge in [-0.3, -0.25) is 9.59 Å². The molecule has 0 bridgehead atoms. The lowest BCUT2D eigenvalue weighted by Gasteiger charge is -2.09. The lowest BCUT2D eigenvalue weighted by Crippen LogP contribution is -2.20. The van der Waals surface area contributed by atoms with E-state index in [-0.39, 0.29) is 27.8 Å². The first-order valence-electron chi connectivity index (χ1n) is 7.86. The summed E-state index contributed by atoms with van der Waals surface area (Å²) in [6, 6.07) is 8.35. The molecule has 2 amide bonds. The SMILES string of the molecule is COc1ccc(/C=N\NC(=O)c2ccc(Cl)c(S(N)(=O)=O)c2)cc1OCC(N)=O. The van der Waals surface area contributed by atoms with Crippen LogP contribution >= 0.6 is 11.6 Å². The van der Waals surface area contributed by atoms with Crippen LogP contribution in [0.5, 0.6) is 11.5 Å². The standard InChI is InChI=1S/C17H17ClN4O6S/c1-27-13-5-2-10(6-14(13)28-9-16(19)23)8-21-22-17(24)11-3-4-12(18)15(7-11)29(20,25)26/h2-8H,9H2,1H3,(H2,19,23)(H,22,24)(H2,20,25,26)/b21-8-. The molecule has 0 spiro atoms. The first-order valence-corrected chi connectivity index (χ1v) is 9.79. The molecule has 0 atom stereocenters. The molecule has 2 rings (SSSR count). The third-order valence-corrected chi connectivity index (χ3v) is 4.83. The minimum Gasteiger partial charge on any atom is -0.493 e. The van der Waals surface area contributed by atoms with Gasteiger partial charge in [-0.1, -0.05) is 11.6 Å². The number of halogens is 1. The smallest absolute Gasteiger partial charge is 0.271 e. The van der Waals surface area contributed by atoms with Gasteiger partial charge in [0, 0.05) is 5.56 Å². The zero-order valence-electron chi connectivity index (χ0n) is 15.1. The normalized spacial score (nSPS) is 11.3. The Bertz CT molecular complexity index is 1070. The van der Waals surface area contributed by atoms with E-state index in [0.29, 0.717) is 11.3 Å². The van der Waals surface area contributed by atoms with Gasteiger partial charge >= 0.3 is 0 Å². The molecule has 0 saturated carbocycles. The van der Waals surface area contributed by atoms with Crippen molar-refractivity contribution in [1.29, 1.82) is 0 Å². The number of benzene rings is 2. The number of hydrogen-bond acceptors (Lipinski definition) is 7. The molecule has 2 aromatic carbocycles. The Labute approximate surface area is 171 Å². The van der Waals surface area contributed by atoms with Crippen LogP contribution in [0.3, 0.4) is 0 Å². The van der Waals surface area contributed by atoms with E-state index in [2.05, 4.69) is 10.5 Å². The van der Waals surface area contributed by atoms with Gasteiger partial charge in [-0.15, -0.1) is 0 Å². The Morgan fingerprint density at radius 1 is 1.21 bits per heavy atom. The van der Waals surface area contributed by atoms with Gasteiger partial charge in [-0.2, -0.15) is 5.10 Å². The second-order valence-electron chi connectivity index (χ2n) is 5.55. The molecule has 2 aromatic rings. The molecule has 0 aliphatic carbocycles. The fraction of sp³-hybridized carbons (Fsp3) is 0.118. The average Bonchev–Trinajstić information content (AvgIpc) is 2.65. The van der Waals surface area contributed by atoms with Crippen LogP contribution in [0.2, 0.25) is 5.02 Å². The monoisotopic (exact) mass is 440 g/mol. The number of rotatable bonds is 8. The number of ether oxygens (including phenoxy) is 2. The molecular formula is C17H17ClN4O6S. The van der Waals surface area contributed by atoms with Gasteiger partial charge in [0.1, 0.15) is 4.90 Å². The lowest BCUT2D eigenvalue weighted by molar-refractivity contribution is -0.119. The van der Waals surface area contributed by atoms with E-state index in [0.717, 1.165) is 6.07 Å². The van der Waals surface area contributed by atoms with Crippen molar-refractivity contribution in [1.82, 2.24) is 5.43 Å². The summed E-state index contributed by atoms with van der Waals surface area (Å²) in [6.45, 7) is -0.337. The molecule has 12 heteroatoms. The number of methoxy groups -OCH3 is 1. The molecule has 0 aliphatic rings. The largest absolute Gasteiger partial charge is 0.493 e. The molecule has 0 unspecified atom stereocenters. The number of nitrogens with one attached hydrogen (secondary N) is 1. The van der Waals surface area contributed by atoms with Crippen LogP contribution in [0.1, 0.15) is 15.9 Å². The summed E-state index contributed by atoms with van der Waals surface area (Å²) in [7, 11) is -2.65. The predicted molar refractivity (Wildman–Crippen MR) is 106 cm³/mol. The number of sulfonamides is 1. The van der Waals surface area contributed by atoms with Crippen LogP contribution in [0.15, 0.2) is 46.4 Å². The van der Waals surface area contributed by atoms with Crippen molar-refractivity contribution in [3.05, 3.63) is 52.5 Å². The Morgan fingerprint density at radius 2 is 1.93 bits per heavy atom. The van der Waals surface area contributed by atoms with Crippen LogP contribution in [-0.2, 0) is 14.8 Å². The summed E-state index contributed by atoms with van der Waals surface area (Å²) < 4.78 is 33.3. The fourth-order valence-corrected chi connectivity index (χ4v) is 3.20. The molecule has 0 radical (unpaired) electrons. The van der Waals surface area contributed by atoms with Crippen molar-refractivity contribution < 1.29 is 27.5 Å². The number of hydrazone groups is 1. The van der Waals surface area contributed by atoms with Gasteiger partial charge in [-0.05, 0) is 42.0 Å². The third-order valence-electron chi connectivity index (χ3n) is 3.44. The third kappa shape index (κ3) is 6.17. The highest BCUT2D eigenvalue weighted by Crippen LogP contribution is 2.27. The highest BCUT2D eigenvalue weighted by atomic mass is 35.5.